The number of aliphatic hydroxyl groups excluding tert-OH is 1. The standard InChI is InChI=1S/C47H42F3NO/c1-45(2)23-27-14-17-29-31-20-32-30-16-13-24-9-7-10-25-15-18-35(42(30)38(24)25)46(3,4)36(32)21-33(31)39(26-11-8-12-28(19-26)47(48,49)50)34-22-37(51(5)6)43(44(45)52)40(27)41(29)34/h7-20,22-23,30,36-37,39,44,52H,21H2,1-6H3/t30?,36?,37-,39-,44+/m0/s1. The van der Waals surface area contributed by atoms with Crippen LogP contribution in [0.2, 0.25) is 0 Å². The Kier molecular flexibility index (Phi) is 6.42. The van der Waals surface area contributed by atoms with E-state index in [9.17, 15) is 18.3 Å². The number of hydrogen-bond acceptors (Lipinski definition) is 2. The maximum absolute atomic E-state index is 14.4. The zero-order valence-corrected chi connectivity index (χ0v) is 30.4. The highest BCUT2D eigenvalue weighted by Crippen LogP contribution is 2.62. The third-order valence-electron chi connectivity index (χ3n) is 13.4. The molecule has 2 unspecified atom stereocenters. The van der Waals surface area contributed by atoms with E-state index in [-0.39, 0.29) is 29.2 Å². The lowest BCUT2D eigenvalue weighted by Crippen LogP contribution is -2.52. The number of hydrogen-bond donors (Lipinski definition) is 1. The van der Waals surface area contributed by atoms with E-state index < -0.39 is 23.3 Å². The number of likely N-dealkylation sites (N-methyl/N-ethyl adjacent to an activating group) is 1. The molecule has 0 aromatic heterocycles. The monoisotopic (exact) mass is 693 g/mol. The van der Waals surface area contributed by atoms with E-state index in [1.807, 2.05) is 20.2 Å². The first-order valence-corrected chi connectivity index (χ1v) is 18.5. The topological polar surface area (TPSA) is 23.5 Å². The van der Waals surface area contributed by atoms with Gasteiger partial charge in [0.1, 0.15) is 0 Å². The van der Waals surface area contributed by atoms with Crippen molar-refractivity contribution in [2.45, 2.75) is 69.7 Å². The molecule has 0 saturated heterocycles. The third kappa shape index (κ3) is 4.15. The molecule has 4 aromatic carbocycles. The molecule has 0 amide bonds. The van der Waals surface area contributed by atoms with E-state index in [0.717, 1.165) is 44.7 Å². The van der Waals surface area contributed by atoms with Crippen molar-refractivity contribution < 1.29 is 18.3 Å². The summed E-state index contributed by atoms with van der Waals surface area (Å²) in [4.78, 5) is 2.13. The molecule has 0 heterocycles. The minimum absolute atomic E-state index is 0.120. The van der Waals surface area contributed by atoms with Gasteiger partial charge in [0.15, 0.2) is 0 Å². The van der Waals surface area contributed by atoms with Crippen molar-refractivity contribution in [3.05, 3.63) is 145 Å². The molecular weight excluding hydrogens is 652 g/mol. The zero-order valence-electron chi connectivity index (χ0n) is 30.4. The van der Waals surface area contributed by atoms with Crippen molar-refractivity contribution in [2.24, 2.45) is 11.3 Å². The van der Waals surface area contributed by atoms with Crippen LogP contribution in [0.4, 0.5) is 13.2 Å². The summed E-state index contributed by atoms with van der Waals surface area (Å²) in [5, 5.41) is 16.7. The largest absolute Gasteiger partial charge is 0.416 e. The van der Waals surface area contributed by atoms with E-state index in [1.54, 1.807) is 6.07 Å². The molecule has 10 rings (SSSR count). The molecule has 6 aliphatic carbocycles. The summed E-state index contributed by atoms with van der Waals surface area (Å²) >= 11 is 0. The summed E-state index contributed by atoms with van der Waals surface area (Å²) in [6, 6.07) is 21.4. The highest BCUT2D eigenvalue weighted by atomic mass is 19.4. The van der Waals surface area contributed by atoms with Gasteiger partial charge in [-0.15, -0.1) is 0 Å². The van der Waals surface area contributed by atoms with Crippen molar-refractivity contribution in [3.63, 3.8) is 0 Å². The Morgan fingerprint density at radius 3 is 2.48 bits per heavy atom. The van der Waals surface area contributed by atoms with Gasteiger partial charge in [0.05, 0.1) is 17.7 Å². The quantitative estimate of drug-likeness (QED) is 0.227. The maximum Gasteiger partial charge on any atom is 0.416 e. The number of halogens is 3. The van der Waals surface area contributed by atoms with E-state index >= 15 is 0 Å². The number of allylic oxidation sites excluding steroid dienone is 6. The van der Waals surface area contributed by atoms with Crippen LogP contribution in [-0.4, -0.2) is 36.2 Å². The van der Waals surface area contributed by atoms with Crippen LogP contribution in [-0.2, 0) is 11.6 Å². The van der Waals surface area contributed by atoms with E-state index in [1.165, 1.54) is 50.7 Å². The molecule has 2 nitrogen and oxygen atoms in total. The van der Waals surface area contributed by atoms with Gasteiger partial charge in [-0.3, -0.25) is 4.90 Å². The van der Waals surface area contributed by atoms with Crippen LogP contribution in [0.1, 0.15) is 84.9 Å². The Labute approximate surface area is 302 Å². The lowest BCUT2D eigenvalue weighted by Gasteiger charge is -2.51. The minimum Gasteiger partial charge on any atom is -0.388 e. The number of rotatable bonds is 2. The van der Waals surface area contributed by atoms with Gasteiger partial charge in [-0.25, -0.2) is 0 Å². The van der Waals surface area contributed by atoms with Gasteiger partial charge in [-0.05, 0) is 115 Å². The normalized spacial score (nSPS) is 27.1. The Morgan fingerprint density at radius 2 is 1.71 bits per heavy atom. The number of aliphatic hydroxyl groups is 1. The molecule has 0 radical (unpaired) electrons. The highest BCUT2D eigenvalue weighted by molar-refractivity contribution is 6.01. The average molecular weight is 694 g/mol. The molecule has 0 fully saturated rings. The summed E-state index contributed by atoms with van der Waals surface area (Å²) in [5.74, 6) is -0.0854. The molecule has 0 saturated carbocycles. The van der Waals surface area contributed by atoms with Gasteiger partial charge in [-0.2, -0.15) is 13.2 Å². The lowest BCUT2D eigenvalue weighted by molar-refractivity contribution is -0.137. The van der Waals surface area contributed by atoms with Crippen molar-refractivity contribution in [3.8, 4) is 0 Å². The van der Waals surface area contributed by atoms with Gasteiger partial charge >= 0.3 is 6.18 Å². The van der Waals surface area contributed by atoms with E-state index in [4.69, 9.17) is 0 Å². The SMILES string of the molecule is CN(C)[C@H]1C=C2c3c(ccc4c3=C1[C@@H](O)C(C)(C)C=4)C1=C(CC3C(=C1)C1C=Cc4cccc5ccc(c1c45)C3(C)C)[C@@H]2c1cccc(C(F)(F)F)c1. The smallest absolute Gasteiger partial charge is 0.388 e. The van der Waals surface area contributed by atoms with Gasteiger partial charge in [-0.1, -0.05) is 124 Å². The molecule has 52 heavy (non-hydrogen) atoms. The zero-order chi connectivity index (χ0) is 36.2. The Hall–Kier alpha value is -4.45. The van der Waals surface area contributed by atoms with Crippen molar-refractivity contribution in [2.75, 3.05) is 14.1 Å². The van der Waals surface area contributed by atoms with E-state index in [0.29, 0.717) is 5.56 Å². The molecule has 0 bridgehead atoms. The fourth-order valence-electron chi connectivity index (χ4n) is 10.9. The Morgan fingerprint density at radius 1 is 0.923 bits per heavy atom. The first-order chi connectivity index (χ1) is 24.7. The first kappa shape index (κ1) is 32.2. The number of alkyl halides is 3. The van der Waals surface area contributed by atoms with Crippen molar-refractivity contribution in [1.29, 1.82) is 0 Å². The van der Waals surface area contributed by atoms with Crippen LogP contribution in [0, 0.1) is 11.3 Å². The molecule has 0 spiro atoms. The number of benzene rings is 4. The predicted octanol–water partition coefficient (Wildman–Crippen LogP) is 9.12. The lowest BCUT2D eigenvalue weighted by atomic mass is 9.53. The summed E-state index contributed by atoms with van der Waals surface area (Å²) < 4.78 is 43.1. The number of nitrogens with zero attached hydrogens (tertiary/aromatic N) is 1. The fourth-order valence-corrected chi connectivity index (χ4v) is 10.9. The van der Waals surface area contributed by atoms with Crippen LogP contribution < -0.4 is 10.4 Å². The molecule has 0 aliphatic heterocycles. The minimum atomic E-state index is -4.46. The molecule has 1 N–H and O–H groups in total. The van der Waals surface area contributed by atoms with Crippen LogP contribution in [0.25, 0.3) is 39.6 Å². The summed E-state index contributed by atoms with van der Waals surface area (Å²) in [5.41, 5.74) is 11.3. The van der Waals surface area contributed by atoms with Crippen molar-refractivity contribution in [1.82, 2.24) is 4.90 Å². The molecule has 5 heteroatoms. The Balaban J connectivity index is 1.30. The van der Waals surface area contributed by atoms with Crippen LogP contribution >= 0.6 is 0 Å². The second-order valence-corrected chi connectivity index (χ2v) is 17.2. The second kappa shape index (κ2) is 10.4. The Bertz CT molecular complexity index is 2560. The van der Waals surface area contributed by atoms with Gasteiger partial charge in [0.25, 0.3) is 0 Å². The predicted molar refractivity (Wildman–Crippen MR) is 205 cm³/mol. The molecule has 5 atom stereocenters. The second-order valence-electron chi connectivity index (χ2n) is 17.2. The van der Waals surface area contributed by atoms with Gasteiger partial charge < -0.3 is 5.11 Å². The molecular formula is C47H42F3NO. The van der Waals surface area contributed by atoms with Crippen molar-refractivity contribution >= 4 is 39.6 Å². The molecule has 6 aliphatic rings. The molecule has 262 valence electrons. The first-order valence-electron chi connectivity index (χ1n) is 18.5. The summed E-state index contributed by atoms with van der Waals surface area (Å²) in [6.45, 7) is 8.87. The highest BCUT2D eigenvalue weighted by Gasteiger charge is 2.50. The average Bonchev–Trinajstić information content (AvgIpc) is 3.10. The van der Waals surface area contributed by atoms with Crippen LogP contribution in [0.3, 0.4) is 0 Å². The number of fused-ring (bicyclic) bond motifs is 3. The third-order valence-corrected chi connectivity index (χ3v) is 13.4. The van der Waals surface area contributed by atoms with Gasteiger partial charge in [0.2, 0.25) is 0 Å². The van der Waals surface area contributed by atoms with Gasteiger partial charge in [0, 0.05) is 17.3 Å². The summed E-state index contributed by atoms with van der Waals surface area (Å²) in [7, 11) is 4.05. The molecule has 4 aromatic rings. The van der Waals surface area contributed by atoms with Crippen LogP contribution in [0.5, 0.6) is 0 Å². The summed E-state index contributed by atoms with van der Waals surface area (Å²) in [6.07, 6.45) is 7.09. The fraction of sp³-hybridized carbons (Fsp3) is 0.319. The van der Waals surface area contributed by atoms with E-state index in [2.05, 4.69) is 105 Å². The van der Waals surface area contributed by atoms with Crippen LogP contribution in [0.15, 0.2) is 96.1 Å². The maximum atomic E-state index is 14.4.